The smallest absolute Gasteiger partial charge is 0.306 e. The summed E-state index contributed by atoms with van der Waals surface area (Å²) in [6, 6.07) is 0. The highest BCUT2D eigenvalue weighted by atomic mass is 16.6. The fourth-order valence-corrected chi connectivity index (χ4v) is 1.08. The molecular weight excluding hydrogens is 132 g/mol. The molecule has 0 amide bonds. The van der Waals surface area contributed by atoms with Gasteiger partial charge < -0.3 is 9.84 Å². The van der Waals surface area contributed by atoms with Crippen molar-refractivity contribution < 1.29 is 14.6 Å². The SMILES string of the molecule is CCC(O)C1CCC(=O)O1. The van der Waals surface area contributed by atoms with Crippen LogP contribution >= 0.6 is 0 Å². The van der Waals surface area contributed by atoms with Gasteiger partial charge in [-0.05, 0) is 12.8 Å². The summed E-state index contributed by atoms with van der Waals surface area (Å²) < 4.78 is 4.83. The average Bonchev–Trinajstić information content (AvgIpc) is 2.34. The van der Waals surface area contributed by atoms with Gasteiger partial charge in [-0.15, -0.1) is 0 Å². The Labute approximate surface area is 60.0 Å². The Kier molecular flexibility index (Phi) is 2.27. The molecule has 1 N–H and O–H groups in total. The highest BCUT2D eigenvalue weighted by molar-refractivity contribution is 5.71. The molecule has 3 nitrogen and oxygen atoms in total. The van der Waals surface area contributed by atoms with E-state index in [9.17, 15) is 9.90 Å². The highest BCUT2D eigenvalue weighted by Crippen LogP contribution is 2.18. The number of aliphatic hydroxyl groups excluding tert-OH is 1. The molecule has 0 radical (unpaired) electrons. The van der Waals surface area contributed by atoms with Gasteiger partial charge in [0.25, 0.3) is 0 Å². The molecule has 1 aliphatic heterocycles. The van der Waals surface area contributed by atoms with Crippen LogP contribution in [0.3, 0.4) is 0 Å². The molecular formula is C7H12O3. The largest absolute Gasteiger partial charge is 0.460 e. The van der Waals surface area contributed by atoms with Crippen LogP contribution in [0.2, 0.25) is 0 Å². The average molecular weight is 144 g/mol. The Morgan fingerprint density at radius 3 is 3.00 bits per heavy atom. The van der Waals surface area contributed by atoms with Gasteiger partial charge in [0.1, 0.15) is 6.10 Å². The molecule has 0 aromatic carbocycles. The van der Waals surface area contributed by atoms with Crippen molar-refractivity contribution in [3.05, 3.63) is 0 Å². The summed E-state index contributed by atoms with van der Waals surface area (Å²) in [6.45, 7) is 1.87. The molecule has 1 heterocycles. The maximum absolute atomic E-state index is 10.5. The van der Waals surface area contributed by atoms with Crippen molar-refractivity contribution in [2.24, 2.45) is 0 Å². The van der Waals surface area contributed by atoms with Crippen molar-refractivity contribution in [2.75, 3.05) is 0 Å². The molecule has 1 aliphatic rings. The molecule has 2 atom stereocenters. The van der Waals surface area contributed by atoms with Gasteiger partial charge in [0.05, 0.1) is 6.10 Å². The molecule has 0 aliphatic carbocycles. The normalized spacial score (nSPS) is 28.2. The quantitative estimate of drug-likeness (QED) is 0.573. The van der Waals surface area contributed by atoms with E-state index in [4.69, 9.17) is 4.74 Å². The van der Waals surface area contributed by atoms with Crippen LogP contribution in [0.4, 0.5) is 0 Å². The van der Waals surface area contributed by atoms with Crippen molar-refractivity contribution in [3.8, 4) is 0 Å². The Hall–Kier alpha value is -0.570. The molecule has 0 saturated carbocycles. The third kappa shape index (κ3) is 1.48. The summed E-state index contributed by atoms with van der Waals surface area (Å²) in [5.41, 5.74) is 0. The summed E-state index contributed by atoms with van der Waals surface area (Å²) in [5.74, 6) is -0.183. The summed E-state index contributed by atoms with van der Waals surface area (Å²) >= 11 is 0. The number of carbonyl (C=O) groups excluding carboxylic acids is 1. The lowest BCUT2D eigenvalue weighted by molar-refractivity contribution is -0.145. The van der Waals surface area contributed by atoms with E-state index in [1.165, 1.54) is 0 Å². The highest BCUT2D eigenvalue weighted by Gasteiger charge is 2.28. The fraction of sp³-hybridized carbons (Fsp3) is 0.857. The zero-order chi connectivity index (χ0) is 7.56. The standard InChI is InChI=1S/C7H12O3/c1-2-5(8)6-3-4-7(9)10-6/h5-6,8H,2-4H2,1H3. The van der Waals surface area contributed by atoms with Gasteiger partial charge in [0.15, 0.2) is 0 Å². The van der Waals surface area contributed by atoms with Crippen LogP contribution in [0.1, 0.15) is 26.2 Å². The fourth-order valence-electron chi connectivity index (χ4n) is 1.08. The van der Waals surface area contributed by atoms with Crippen LogP contribution in [0.15, 0.2) is 0 Å². The Bertz CT molecular complexity index is 133. The van der Waals surface area contributed by atoms with Gasteiger partial charge in [-0.3, -0.25) is 4.79 Å². The van der Waals surface area contributed by atoms with Crippen LogP contribution in [0.25, 0.3) is 0 Å². The minimum absolute atomic E-state index is 0.183. The maximum atomic E-state index is 10.5. The molecule has 1 fully saturated rings. The van der Waals surface area contributed by atoms with E-state index in [0.29, 0.717) is 19.3 Å². The molecule has 0 bridgehead atoms. The molecule has 0 aromatic heterocycles. The summed E-state index contributed by atoms with van der Waals surface area (Å²) in [4.78, 5) is 10.5. The van der Waals surface area contributed by atoms with Crippen LogP contribution in [0, 0.1) is 0 Å². The number of ether oxygens (including phenoxy) is 1. The molecule has 0 spiro atoms. The van der Waals surface area contributed by atoms with Crippen molar-refractivity contribution in [3.63, 3.8) is 0 Å². The second-order valence-electron chi connectivity index (χ2n) is 2.54. The van der Waals surface area contributed by atoms with Crippen LogP contribution in [-0.4, -0.2) is 23.3 Å². The van der Waals surface area contributed by atoms with Crippen LogP contribution < -0.4 is 0 Å². The lowest BCUT2D eigenvalue weighted by Gasteiger charge is -2.13. The molecule has 0 aromatic rings. The molecule has 3 heteroatoms. The lowest BCUT2D eigenvalue weighted by Crippen LogP contribution is -2.24. The first-order chi connectivity index (χ1) is 4.74. The van der Waals surface area contributed by atoms with E-state index in [1.807, 2.05) is 6.92 Å². The number of hydrogen-bond acceptors (Lipinski definition) is 3. The first-order valence-electron chi connectivity index (χ1n) is 3.61. The predicted octanol–water partition coefficient (Wildman–Crippen LogP) is 0.463. The minimum Gasteiger partial charge on any atom is -0.460 e. The van der Waals surface area contributed by atoms with Gasteiger partial charge in [-0.1, -0.05) is 6.92 Å². The Morgan fingerprint density at radius 1 is 1.90 bits per heavy atom. The Balaban J connectivity index is 2.36. The molecule has 1 saturated heterocycles. The van der Waals surface area contributed by atoms with Gasteiger partial charge >= 0.3 is 5.97 Å². The minimum atomic E-state index is -0.466. The summed E-state index contributed by atoms with van der Waals surface area (Å²) in [5, 5.41) is 9.20. The number of cyclic esters (lactones) is 1. The first-order valence-corrected chi connectivity index (χ1v) is 3.61. The number of hydrogen-bond donors (Lipinski definition) is 1. The summed E-state index contributed by atoms with van der Waals surface area (Å²) in [7, 11) is 0. The van der Waals surface area contributed by atoms with Gasteiger partial charge in [0.2, 0.25) is 0 Å². The van der Waals surface area contributed by atoms with Crippen molar-refractivity contribution in [2.45, 2.75) is 38.4 Å². The van der Waals surface area contributed by atoms with Crippen LogP contribution in [-0.2, 0) is 9.53 Å². The number of esters is 1. The van der Waals surface area contributed by atoms with E-state index in [1.54, 1.807) is 0 Å². The van der Waals surface area contributed by atoms with Crippen LogP contribution in [0.5, 0.6) is 0 Å². The topological polar surface area (TPSA) is 46.5 Å². The second-order valence-corrected chi connectivity index (χ2v) is 2.54. The summed E-state index contributed by atoms with van der Waals surface area (Å²) in [6.07, 6.45) is 1.08. The predicted molar refractivity (Wildman–Crippen MR) is 35.4 cm³/mol. The lowest BCUT2D eigenvalue weighted by atomic mass is 10.1. The van der Waals surface area contributed by atoms with E-state index in [-0.39, 0.29) is 12.1 Å². The zero-order valence-corrected chi connectivity index (χ0v) is 6.04. The molecule has 1 rings (SSSR count). The van der Waals surface area contributed by atoms with E-state index in [2.05, 4.69) is 0 Å². The third-order valence-corrected chi connectivity index (χ3v) is 1.76. The van der Waals surface area contributed by atoms with Gasteiger partial charge in [-0.25, -0.2) is 0 Å². The van der Waals surface area contributed by atoms with E-state index >= 15 is 0 Å². The van der Waals surface area contributed by atoms with Crippen molar-refractivity contribution in [1.82, 2.24) is 0 Å². The number of carbonyl (C=O) groups is 1. The number of aliphatic hydroxyl groups is 1. The van der Waals surface area contributed by atoms with E-state index < -0.39 is 6.10 Å². The number of rotatable bonds is 2. The van der Waals surface area contributed by atoms with E-state index in [0.717, 1.165) is 0 Å². The molecule has 10 heavy (non-hydrogen) atoms. The molecule has 2 unspecified atom stereocenters. The van der Waals surface area contributed by atoms with Crippen molar-refractivity contribution in [1.29, 1.82) is 0 Å². The second kappa shape index (κ2) is 3.01. The third-order valence-electron chi connectivity index (χ3n) is 1.76. The maximum Gasteiger partial charge on any atom is 0.306 e. The van der Waals surface area contributed by atoms with Gasteiger partial charge in [-0.2, -0.15) is 0 Å². The monoisotopic (exact) mass is 144 g/mol. The first kappa shape index (κ1) is 7.54. The molecule has 58 valence electrons. The zero-order valence-electron chi connectivity index (χ0n) is 6.04. The Morgan fingerprint density at radius 2 is 2.60 bits per heavy atom. The van der Waals surface area contributed by atoms with Gasteiger partial charge in [0, 0.05) is 6.42 Å². The van der Waals surface area contributed by atoms with Crippen molar-refractivity contribution >= 4 is 5.97 Å².